The van der Waals surface area contributed by atoms with Crippen molar-refractivity contribution in [1.29, 1.82) is 0 Å². The van der Waals surface area contributed by atoms with Crippen molar-refractivity contribution >= 4 is 5.97 Å². The summed E-state index contributed by atoms with van der Waals surface area (Å²) in [5.41, 5.74) is 0.913. The zero-order valence-corrected chi connectivity index (χ0v) is 11.5. The second kappa shape index (κ2) is 6.81. The predicted molar refractivity (Wildman–Crippen MR) is 71.9 cm³/mol. The van der Waals surface area contributed by atoms with Crippen LogP contribution >= 0.6 is 0 Å². The van der Waals surface area contributed by atoms with Gasteiger partial charge in [0.1, 0.15) is 0 Å². The largest absolute Gasteiger partial charge is 0.469 e. The van der Waals surface area contributed by atoms with E-state index >= 15 is 0 Å². The molecule has 0 amide bonds. The molecule has 0 fully saturated rings. The summed E-state index contributed by atoms with van der Waals surface area (Å²) in [5.74, 6) is 0.468. The topological polar surface area (TPSA) is 77.2 Å². The van der Waals surface area contributed by atoms with Crippen LogP contribution in [0.4, 0.5) is 0 Å². The SMILES string of the molecule is COC(=O)C(CNCc1noc(C)n1)c1ccccc1. The van der Waals surface area contributed by atoms with Crippen LogP contribution in [0.5, 0.6) is 0 Å². The van der Waals surface area contributed by atoms with Gasteiger partial charge in [0.05, 0.1) is 19.6 Å². The van der Waals surface area contributed by atoms with Crippen LogP contribution in [0, 0.1) is 6.92 Å². The Balaban J connectivity index is 1.96. The first kappa shape index (κ1) is 14.2. The quantitative estimate of drug-likeness (QED) is 0.803. The molecule has 106 valence electrons. The van der Waals surface area contributed by atoms with Gasteiger partial charge in [-0.2, -0.15) is 4.98 Å². The second-order valence-electron chi connectivity index (χ2n) is 4.35. The molecular formula is C14H17N3O3. The number of hydrogen-bond acceptors (Lipinski definition) is 6. The van der Waals surface area contributed by atoms with E-state index in [1.54, 1.807) is 6.92 Å². The Morgan fingerprint density at radius 3 is 2.75 bits per heavy atom. The number of benzene rings is 1. The van der Waals surface area contributed by atoms with Gasteiger partial charge in [0.25, 0.3) is 0 Å². The minimum absolute atomic E-state index is 0.270. The highest BCUT2D eigenvalue weighted by atomic mass is 16.5. The normalized spacial score (nSPS) is 12.1. The van der Waals surface area contributed by atoms with Gasteiger partial charge in [0.2, 0.25) is 5.89 Å². The van der Waals surface area contributed by atoms with Gasteiger partial charge >= 0.3 is 5.97 Å². The zero-order chi connectivity index (χ0) is 14.4. The van der Waals surface area contributed by atoms with Crippen molar-refractivity contribution in [3.8, 4) is 0 Å². The highest BCUT2D eigenvalue weighted by molar-refractivity contribution is 5.78. The molecule has 1 aromatic carbocycles. The number of aryl methyl sites for hydroxylation is 1. The third kappa shape index (κ3) is 3.64. The molecular weight excluding hydrogens is 258 g/mol. The van der Waals surface area contributed by atoms with Gasteiger partial charge < -0.3 is 14.6 Å². The van der Waals surface area contributed by atoms with Crippen molar-refractivity contribution < 1.29 is 14.1 Å². The van der Waals surface area contributed by atoms with Crippen LogP contribution < -0.4 is 5.32 Å². The standard InChI is InChI=1S/C14H17N3O3/c1-10-16-13(17-20-10)9-15-8-12(14(18)19-2)11-6-4-3-5-7-11/h3-7,12,15H,8-9H2,1-2H3. The van der Waals surface area contributed by atoms with Gasteiger partial charge in [-0.3, -0.25) is 4.79 Å². The lowest BCUT2D eigenvalue weighted by Crippen LogP contribution is -2.27. The molecule has 20 heavy (non-hydrogen) atoms. The maximum Gasteiger partial charge on any atom is 0.314 e. The number of esters is 1. The summed E-state index contributed by atoms with van der Waals surface area (Å²) < 4.78 is 9.73. The minimum atomic E-state index is -0.353. The summed E-state index contributed by atoms with van der Waals surface area (Å²) in [7, 11) is 1.39. The number of carbonyl (C=O) groups excluding carboxylic acids is 1. The minimum Gasteiger partial charge on any atom is -0.469 e. The van der Waals surface area contributed by atoms with Crippen LogP contribution in [0.2, 0.25) is 0 Å². The van der Waals surface area contributed by atoms with Crippen LogP contribution in [0.1, 0.15) is 23.2 Å². The summed E-state index contributed by atoms with van der Waals surface area (Å²) in [4.78, 5) is 15.9. The number of ether oxygens (including phenoxy) is 1. The van der Waals surface area contributed by atoms with Crippen LogP contribution in [-0.2, 0) is 16.1 Å². The molecule has 0 spiro atoms. The Kier molecular flexibility index (Phi) is 4.84. The fourth-order valence-electron chi connectivity index (χ4n) is 1.91. The van der Waals surface area contributed by atoms with Crippen molar-refractivity contribution in [1.82, 2.24) is 15.5 Å². The molecule has 6 nitrogen and oxygen atoms in total. The van der Waals surface area contributed by atoms with Gasteiger partial charge in [-0.25, -0.2) is 0 Å². The summed E-state index contributed by atoms with van der Waals surface area (Å²) in [6, 6.07) is 9.51. The van der Waals surface area contributed by atoms with Crippen molar-refractivity contribution in [2.45, 2.75) is 19.4 Å². The molecule has 0 saturated carbocycles. The first-order valence-corrected chi connectivity index (χ1v) is 6.33. The molecule has 1 unspecified atom stereocenters. The van der Waals surface area contributed by atoms with Gasteiger partial charge in [-0.1, -0.05) is 35.5 Å². The lowest BCUT2D eigenvalue weighted by atomic mass is 9.99. The average molecular weight is 275 g/mol. The van der Waals surface area contributed by atoms with E-state index in [2.05, 4.69) is 15.5 Å². The van der Waals surface area contributed by atoms with Gasteiger partial charge in [0, 0.05) is 13.5 Å². The predicted octanol–water partition coefficient (Wildman–Crippen LogP) is 1.42. The maximum absolute atomic E-state index is 11.8. The number of nitrogens with one attached hydrogen (secondary N) is 1. The molecule has 0 aliphatic heterocycles. The van der Waals surface area contributed by atoms with Crippen molar-refractivity contribution in [3.63, 3.8) is 0 Å². The fraction of sp³-hybridized carbons (Fsp3) is 0.357. The van der Waals surface area contributed by atoms with E-state index in [0.29, 0.717) is 24.8 Å². The van der Waals surface area contributed by atoms with Crippen molar-refractivity contribution in [2.75, 3.05) is 13.7 Å². The Bertz CT molecular complexity index is 554. The average Bonchev–Trinajstić information content (AvgIpc) is 2.89. The summed E-state index contributed by atoms with van der Waals surface area (Å²) in [6.45, 7) is 2.62. The third-order valence-electron chi connectivity index (χ3n) is 2.89. The molecule has 2 rings (SSSR count). The van der Waals surface area contributed by atoms with E-state index in [0.717, 1.165) is 5.56 Å². The molecule has 1 atom stereocenters. The molecule has 2 aromatic rings. The molecule has 6 heteroatoms. The van der Waals surface area contributed by atoms with E-state index in [1.165, 1.54) is 7.11 Å². The first-order valence-electron chi connectivity index (χ1n) is 6.33. The Morgan fingerprint density at radius 2 is 2.15 bits per heavy atom. The van der Waals surface area contributed by atoms with Crippen molar-refractivity contribution in [3.05, 3.63) is 47.6 Å². The van der Waals surface area contributed by atoms with Crippen LogP contribution in [-0.4, -0.2) is 29.8 Å². The number of methoxy groups -OCH3 is 1. The highest BCUT2D eigenvalue weighted by Crippen LogP contribution is 2.16. The molecule has 0 aliphatic rings. The molecule has 1 aromatic heterocycles. The van der Waals surface area contributed by atoms with E-state index in [9.17, 15) is 4.79 Å². The highest BCUT2D eigenvalue weighted by Gasteiger charge is 2.20. The van der Waals surface area contributed by atoms with Gasteiger partial charge in [-0.05, 0) is 5.56 Å². The number of nitrogens with zero attached hydrogens (tertiary/aromatic N) is 2. The number of rotatable bonds is 6. The Labute approximate surface area is 117 Å². The lowest BCUT2D eigenvalue weighted by Gasteiger charge is -2.15. The van der Waals surface area contributed by atoms with Crippen LogP contribution in [0.3, 0.4) is 0 Å². The van der Waals surface area contributed by atoms with Gasteiger partial charge in [0.15, 0.2) is 5.82 Å². The first-order chi connectivity index (χ1) is 9.70. The molecule has 1 heterocycles. The fourth-order valence-corrected chi connectivity index (χ4v) is 1.91. The number of carbonyl (C=O) groups is 1. The molecule has 0 aliphatic carbocycles. The third-order valence-corrected chi connectivity index (χ3v) is 2.89. The van der Waals surface area contributed by atoms with Crippen molar-refractivity contribution in [2.24, 2.45) is 0 Å². The summed E-state index contributed by atoms with van der Waals surface area (Å²) in [6.07, 6.45) is 0. The zero-order valence-electron chi connectivity index (χ0n) is 11.5. The lowest BCUT2D eigenvalue weighted by molar-refractivity contribution is -0.142. The summed E-state index contributed by atoms with van der Waals surface area (Å²) >= 11 is 0. The van der Waals surface area contributed by atoms with E-state index in [1.807, 2.05) is 30.3 Å². The second-order valence-corrected chi connectivity index (χ2v) is 4.35. The van der Waals surface area contributed by atoms with E-state index < -0.39 is 0 Å². The van der Waals surface area contributed by atoms with E-state index in [4.69, 9.17) is 9.26 Å². The maximum atomic E-state index is 11.8. The molecule has 1 N–H and O–H groups in total. The molecule has 0 bridgehead atoms. The van der Waals surface area contributed by atoms with Crippen LogP contribution in [0.25, 0.3) is 0 Å². The van der Waals surface area contributed by atoms with E-state index in [-0.39, 0.29) is 11.9 Å². The smallest absolute Gasteiger partial charge is 0.314 e. The number of aromatic nitrogens is 2. The van der Waals surface area contributed by atoms with Crippen LogP contribution in [0.15, 0.2) is 34.9 Å². The Hall–Kier alpha value is -2.21. The number of hydrogen-bond donors (Lipinski definition) is 1. The Morgan fingerprint density at radius 1 is 1.40 bits per heavy atom. The van der Waals surface area contributed by atoms with Gasteiger partial charge in [-0.15, -0.1) is 0 Å². The monoisotopic (exact) mass is 275 g/mol. The molecule has 0 saturated heterocycles. The molecule has 0 radical (unpaired) electrons. The summed E-state index contributed by atoms with van der Waals surface area (Å²) in [5, 5.41) is 6.93.